The third-order valence-corrected chi connectivity index (χ3v) is 2.53. The van der Waals surface area contributed by atoms with Gasteiger partial charge in [-0.3, -0.25) is 0 Å². The summed E-state index contributed by atoms with van der Waals surface area (Å²) in [6.45, 7) is 6.25. The number of rotatable bonds is 6. The summed E-state index contributed by atoms with van der Waals surface area (Å²) >= 11 is 0. The Hall–Kier alpha value is -1.72. The van der Waals surface area contributed by atoms with Crippen LogP contribution in [-0.2, 0) is 4.74 Å². The Labute approximate surface area is 110 Å². The van der Waals surface area contributed by atoms with Gasteiger partial charge in [-0.1, -0.05) is 31.1 Å². The van der Waals surface area contributed by atoms with Gasteiger partial charge in [0.05, 0.1) is 13.2 Å². The summed E-state index contributed by atoms with van der Waals surface area (Å²) in [4.78, 5) is 0. The minimum atomic E-state index is 0.0135. The van der Waals surface area contributed by atoms with Crippen LogP contribution in [-0.4, -0.2) is 13.7 Å². The Kier molecular flexibility index (Phi) is 6.68. The molecule has 18 heavy (non-hydrogen) atoms. The Morgan fingerprint density at radius 1 is 1.28 bits per heavy atom. The van der Waals surface area contributed by atoms with Gasteiger partial charge >= 0.3 is 0 Å². The van der Waals surface area contributed by atoms with E-state index in [1.165, 1.54) is 0 Å². The lowest BCUT2D eigenvalue weighted by Crippen LogP contribution is -2.04. The molecule has 0 saturated heterocycles. The van der Waals surface area contributed by atoms with Crippen LogP contribution in [0.2, 0.25) is 0 Å². The van der Waals surface area contributed by atoms with Crippen molar-refractivity contribution in [2.24, 2.45) is 0 Å². The maximum atomic E-state index is 5.76. The first kappa shape index (κ1) is 14.3. The maximum Gasteiger partial charge on any atom is 0.118 e. The first-order valence-electron chi connectivity index (χ1n) is 6.14. The van der Waals surface area contributed by atoms with Gasteiger partial charge in [-0.2, -0.15) is 0 Å². The van der Waals surface area contributed by atoms with Gasteiger partial charge in [0.25, 0.3) is 0 Å². The molecule has 0 aliphatic carbocycles. The van der Waals surface area contributed by atoms with E-state index in [0.29, 0.717) is 6.61 Å². The monoisotopic (exact) mass is 244 g/mol. The summed E-state index contributed by atoms with van der Waals surface area (Å²) in [5, 5.41) is 0. The average Bonchev–Trinajstić information content (AvgIpc) is 2.42. The molecule has 0 amide bonds. The lowest BCUT2D eigenvalue weighted by atomic mass is 10.1. The molecule has 0 heterocycles. The van der Waals surface area contributed by atoms with Gasteiger partial charge in [0.1, 0.15) is 12.4 Å². The molecular weight excluding hydrogens is 224 g/mol. The second kappa shape index (κ2) is 8.38. The number of hydrogen-bond donors (Lipinski definition) is 0. The molecule has 0 bridgehead atoms. The van der Waals surface area contributed by atoms with Crippen molar-refractivity contribution in [3.63, 3.8) is 0 Å². The Morgan fingerprint density at radius 3 is 2.56 bits per heavy atom. The number of ether oxygens (including phenoxy) is 2. The van der Waals surface area contributed by atoms with E-state index in [0.717, 1.165) is 24.2 Å². The zero-order valence-corrected chi connectivity index (χ0v) is 11.1. The van der Waals surface area contributed by atoms with Crippen molar-refractivity contribution in [1.29, 1.82) is 0 Å². The molecule has 2 heteroatoms. The fourth-order valence-corrected chi connectivity index (χ4v) is 1.59. The second-order valence-corrected chi connectivity index (χ2v) is 3.80. The molecule has 1 aromatic rings. The third-order valence-electron chi connectivity index (χ3n) is 2.53. The van der Waals surface area contributed by atoms with E-state index in [4.69, 9.17) is 9.47 Å². The molecule has 1 atom stereocenters. The summed E-state index contributed by atoms with van der Waals surface area (Å²) in [5.41, 5.74) is 1.12. The van der Waals surface area contributed by atoms with Crippen molar-refractivity contribution in [3.05, 3.63) is 42.5 Å². The van der Waals surface area contributed by atoms with Crippen molar-refractivity contribution in [2.75, 3.05) is 13.7 Å². The smallest absolute Gasteiger partial charge is 0.118 e. The van der Waals surface area contributed by atoms with Crippen LogP contribution in [0.3, 0.4) is 0 Å². The SMILES string of the molecule is C=CCC(OCC#CCC)c1ccc(OC)cc1. The summed E-state index contributed by atoms with van der Waals surface area (Å²) in [5.74, 6) is 6.83. The predicted octanol–water partition coefficient (Wildman–Crippen LogP) is 3.74. The van der Waals surface area contributed by atoms with Gasteiger partial charge in [0, 0.05) is 6.42 Å². The van der Waals surface area contributed by atoms with Crippen molar-refractivity contribution >= 4 is 0 Å². The molecule has 0 fully saturated rings. The zero-order chi connectivity index (χ0) is 13.2. The Balaban J connectivity index is 2.66. The van der Waals surface area contributed by atoms with Gasteiger partial charge in [-0.15, -0.1) is 12.5 Å². The van der Waals surface area contributed by atoms with Crippen LogP contribution in [0.4, 0.5) is 0 Å². The van der Waals surface area contributed by atoms with Gasteiger partial charge < -0.3 is 9.47 Å². The van der Waals surface area contributed by atoms with Crippen molar-refractivity contribution in [2.45, 2.75) is 25.9 Å². The molecule has 0 aliphatic rings. The molecule has 0 N–H and O–H groups in total. The van der Waals surface area contributed by atoms with Crippen LogP contribution in [0, 0.1) is 11.8 Å². The quantitative estimate of drug-likeness (QED) is 0.560. The van der Waals surface area contributed by atoms with E-state index in [9.17, 15) is 0 Å². The van der Waals surface area contributed by atoms with Gasteiger partial charge in [0.2, 0.25) is 0 Å². The van der Waals surface area contributed by atoms with Crippen LogP contribution in [0.15, 0.2) is 36.9 Å². The average molecular weight is 244 g/mol. The van der Waals surface area contributed by atoms with Crippen LogP contribution >= 0.6 is 0 Å². The first-order chi connectivity index (χ1) is 8.81. The van der Waals surface area contributed by atoms with Crippen LogP contribution in [0.5, 0.6) is 5.75 Å². The molecule has 96 valence electrons. The standard InChI is InChI=1S/C16H20O2/c1-4-6-7-13-18-16(8-5-2)14-9-11-15(17-3)12-10-14/h5,9-12,16H,2,4,8,13H2,1,3H3. The minimum Gasteiger partial charge on any atom is -0.497 e. The largest absolute Gasteiger partial charge is 0.497 e. The van der Waals surface area contributed by atoms with Crippen LogP contribution in [0.1, 0.15) is 31.4 Å². The highest BCUT2D eigenvalue weighted by Crippen LogP contribution is 2.23. The summed E-state index contributed by atoms with van der Waals surface area (Å²) in [6.07, 6.45) is 3.51. The third kappa shape index (κ3) is 4.65. The Bertz CT molecular complexity index is 409. The highest BCUT2D eigenvalue weighted by molar-refractivity contribution is 5.28. The molecule has 0 aliphatic heterocycles. The highest BCUT2D eigenvalue weighted by Gasteiger charge is 2.09. The molecule has 0 radical (unpaired) electrons. The maximum absolute atomic E-state index is 5.76. The molecule has 1 rings (SSSR count). The summed E-state index contributed by atoms with van der Waals surface area (Å²) < 4.78 is 10.9. The van der Waals surface area contributed by atoms with Crippen LogP contribution < -0.4 is 4.74 Å². The number of hydrogen-bond acceptors (Lipinski definition) is 2. The fourth-order valence-electron chi connectivity index (χ4n) is 1.59. The van der Waals surface area contributed by atoms with Crippen LogP contribution in [0.25, 0.3) is 0 Å². The lowest BCUT2D eigenvalue weighted by Gasteiger charge is -2.15. The van der Waals surface area contributed by atoms with Crippen molar-refractivity contribution in [3.8, 4) is 17.6 Å². The Morgan fingerprint density at radius 2 is 2.00 bits per heavy atom. The molecule has 1 aromatic carbocycles. The van der Waals surface area contributed by atoms with E-state index < -0.39 is 0 Å². The second-order valence-electron chi connectivity index (χ2n) is 3.80. The molecule has 0 spiro atoms. The topological polar surface area (TPSA) is 18.5 Å². The molecule has 1 unspecified atom stereocenters. The van der Waals surface area contributed by atoms with Gasteiger partial charge in [-0.05, 0) is 24.1 Å². The highest BCUT2D eigenvalue weighted by atomic mass is 16.5. The minimum absolute atomic E-state index is 0.0135. The van der Waals surface area contributed by atoms with E-state index >= 15 is 0 Å². The fraction of sp³-hybridized carbons (Fsp3) is 0.375. The molecular formula is C16H20O2. The van der Waals surface area contributed by atoms with E-state index in [-0.39, 0.29) is 6.10 Å². The van der Waals surface area contributed by atoms with Crippen molar-refractivity contribution < 1.29 is 9.47 Å². The molecule has 0 aromatic heterocycles. The summed E-state index contributed by atoms with van der Waals surface area (Å²) in [6, 6.07) is 7.90. The van der Waals surface area contributed by atoms with E-state index in [2.05, 4.69) is 18.4 Å². The van der Waals surface area contributed by atoms with Gasteiger partial charge in [0.15, 0.2) is 0 Å². The molecule has 2 nitrogen and oxygen atoms in total. The van der Waals surface area contributed by atoms with E-state index in [1.807, 2.05) is 37.3 Å². The van der Waals surface area contributed by atoms with E-state index in [1.54, 1.807) is 7.11 Å². The molecule has 0 saturated carbocycles. The predicted molar refractivity (Wildman–Crippen MR) is 74.6 cm³/mol. The lowest BCUT2D eigenvalue weighted by molar-refractivity contribution is 0.0802. The first-order valence-corrected chi connectivity index (χ1v) is 6.14. The number of benzene rings is 1. The van der Waals surface area contributed by atoms with Gasteiger partial charge in [-0.25, -0.2) is 0 Å². The summed E-state index contributed by atoms with van der Waals surface area (Å²) in [7, 11) is 1.66. The normalized spacial score (nSPS) is 11.2. The number of methoxy groups -OCH3 is 1. The zero-order valence-electron chi connectivity index (χ0n) is 11.1. The van der Waals surface area contributed by atoms with Crippen molar-refractivity contribution in [1.82, 2.24) is 0 Å².